The minimum Gasteiger partial charge on any atom is -0.478 e. The molecule has 0 aliphatic heterocycles. The first-order valence-electron chi connectivity index (χ1n) is 6.29. The molecule has 1 N–H and O–H groups in total. The number of ether oxygens (including phenoxy) is 1. The van der Waals surface area contributed by atoms with Crippen LogP contribution < -0.4 is 10.3 Å². The second kappa shape index (κ2) is 6.41. The molecule has 0 saturated carbocycles. The van der Waals surface area contributed by atoms with Gasteiger partial charge in [0.25, 0.3) is 5.88 Å². The van der Waals surface area contributed by atoms with Crippen molar-refractivity contribution in [3.05, 3.63) is 51.5 Å². The van der Waals surface area contributed by atoms with E-state index >= 15 is 0 Å². The van der Waals surface area contributed by atoms with Crippen molar-refractivity contribution in [1.29, 1.82) is 0 Å². The summed E-state index contributed by atoms with van der Waals surface area (Å²) in [6.45, 7) is 2.46. The number of benzene rings is 1. The van der Waals surface area contributed by atoms with Crippen molar-refractivity contribution >= 4 is 17.6 Å². The molecule has 0 spiro atoms. The van der Waals surface area contributed by atoms with E-state index in [9.17, 15) is 9.59 Å². The number of carbonyl (C=O) groups is 1. The zero-order chi connectivity index (χ0) is 15.4. The van der Waals surface area contributed by atoms with Crippen LogP contribution in [0.4, 0.5) is 0 Å². The molecule has 110 valence electrons. The molecule has 0 amide bonds. The van der Waals surface area contributed by atoms with Crippen molar-refractivity contribution in [2.45, 2.75) is 19.9 Å². The number of aryl methyl sites for hydroxylation is 1. The summed E-state index contributed by atoms with van der Waals surface area (Å²) in [6, 6.07) is 4.09. The van der Waals surface area contributed by atoms with E-state index in [4.69, 9.17) is 21.4 Å². The molecule has 2 rings (SSSR count). The average molecular weight is 309 g/mol. The van der Waals surface area contributed by atoms with Gasteiger partial charge in [-0.1, -0.05) is 18.5 Å². The highest BCUT2D eigenvalue weighted by Gasteiger charge is 2.15. The molecule has 1 aromatic heterocycles. The lowest BCUT2D eigenvalue weighted by molar-refractivity contribution is 0.0694. The van der Waals surface area contributed by atoms with Gasteiger partial charge in [0.2, 0.25) is 0 Å². The number of carboxylic acids is 1. The first kappa shape index (κ1) is 15.1. The van der Waals surface area contributed by atoms with Crippen LogP contribution in [-0.2, 0) is 6.54 Å². The van der Waals surface area contributed by atoms with Crippen molar-refractivity contribution in [2.75, 3.05) is 0 Å². The Kier molecular flexibility index (Phi) is 4.59. The molecule has 1 aromatic carbocycles. The molecule has 0 aliphatic carbocycles. The zero-order valence-corrected chi connectivity index (χ0v) is 12.0. The molecule has 0 bridgehead atoms. The van der Waals surface area contributed by atoms with Crippen molar-refractivity contribution in [1.82, 2.24) is 9.55 Å². The van der Waals surface area contributed by atoms with Gasteiger partial charge in [0.05, 0.1) is 0 Å². The second-order valence-electron chi connectivity index (χ2n) is 4.28. The molecule has 1 heterocycles. The predicted molar refractivity (Wildman–Crippen MR) is 77.3 cm³/mol. The van der Waals surface area contributed by atoms with E-state index in [-0.39, 0.29) is 17.2 Å². The minimum absolute atomic E-state index is 0.0196. The Morgan fingerprint density at radius 2 is 2.24 bits per heavy atom. The Hall–Kier alpha value is -2.34. The SMILES string of the molecule is CCCn1ccnc(Oc2cc(Cl)ccc2C(=O)O)c1=O. The maximum atomic E-state index is 12.1. The van der Waals surface area contributed by atoms with E-state index in [0.29, 0.717) is 11.6 Å². The fourth-order valence-electron chi connectivity index (χ4n) is 1.78. The number of hydrogen-bond donors (Lipinski definition) is 1. The number of nitrogens with zero attached hydrogens (tertiary/aromatic N) is 2. The number of rotatable bonds is 5. The molecule has 21 heavy (non-hydrogen) atoms. The molecule has 0 atom stereocenters. The van der Waals surface area contributed by atoms with Gasteiger partial charge in [0.1, 0.15) is 11.3 Å². The van der Waals surface area contributed by atoms with Gasteiger partial charge in [-0.2, -0.15) is 0 Å². The maximum Gasteiger partial charge on any atom is 0.339 e. The quantitative estimate of drug-likeness (QED) is 0.918. The van der Waals surface area contributed by atoms with E-state index in [1.807, 2.05) is 6.92 Å². The van der Waals surface area contributed by atoms with Crippen LogP contribution in [0, 0.1) is 0 Å². The summed E-state index contributed by atoms with van der Waals surface area (Å²) in [4.78, 5) is 27.1. The van der Waals surface area contributed by atoms with Crippen LogP contribution in [0.3, 0.4) is 0 Å². The Bertz CT molecular complexity index is 727. The largest absolute Gasteiger partial charge is 0.478 e. The summed E-state index contributed by atoms with van der Waals surface area (Å²) < 4.78 is 6.81. The summed E-state index contributed by atoms with van der Waals surface area (Å²) in [5.74, 6) is -1.38. The highest BCUT2D eigenvalue weighted by atomic mass is 35.5. The van der Waals surface area contributed by atoms with Crippen LogP contribution in [0.2, 0.25) is 5.02 Å². The third kappa shape index (κ3) is 3.41. The molecular formula is C14H13ClN2O4. The van der Waals surface area contributed by atoms with Crippen LogP contribution in [0.1, 0.15) is 23.7 Å². The summed E-state index contributed by atoms with van der Waals surface area (Å²) in [5.41, 5.74) is -0.512. The molecule has 0 saturated heterocycles. The Morgan fingerprint density at radius 1 is 1.48 bits per heavy atom. The van der Waals surface area contributed by atoms with Crippen LogP contribution >= 0.6 is 11.6 Å². The van der Waals surface area contributed by atoms with Gasteiger partial charge in [-0.3, -0.25) is 4.79 Å². The Labute approximate surface area is 125 Å². The van der Waals surface area contributed by atoms with Gasteiger partial charge >= 0.3 is 11.5 Å². The lowest BCUT2D eigenvalue weighted by atomic mass is 10.2. The third-order valence-electron chi connectivity index (χ3n) is 2.73. The molecule has 0 unspecified atom stereocenters. The highest BCUT2D eigenvalue weighted by Crippen LogP contribution is 2.26. The van der Waals surface area contributed by atoms with Crippen molar-refractivity contribution in [3.8, 4) is 11.6 Å². The highest BCUT2D eigenvalue weighted by molar-refractivity contribution is 6.30. The minimum atomic E-state index is -1.17. The zero-order valence-electron chi connectivity index (χ0n) is 11.2. The van der Waals surface area contributed by atoms with E-state index in [1.165, 1.54) is 29.0 Å². The van der Waals surface area contributed by atoms with Gasteiger partial charge in [-0.05, 0) is 18.6 Å². The van der Waals surface area contributed by atoms with Crippen molar-refractivity contribution < 1.29 is 14.6 Å². The topological polar surface area (TPSA) is 81.4 Å². The number of aromatic carboxylic acids is 1. The van der Waals surface area contributed by atoms with Crippen LogP contribution in [0.5, 0.6) is 11.6 Å². The van der Waals surface area contributed by atoms with E-state index in [1.54, 1.807) is 6.20 Å². The van der Waals surface area contributed by atoms with Crippen molar-refractivity contribution in [2.24, 2.45) is 0 Å². The van der Waals surface area contributed by atoms with Gasteiger partial charge in [0.15, 0.2) is 0 Å². The number of hydrogen-bond acceptors (Lipinski definition) is 4. The summed E-state index contributed by atoms with van der Waals surface area (Å²) >= 11 is 5.83. The fraction of sp³-hybridized carbons (Fsp3) is 0.214. The van der Waals surface area contributed by atoms with E-state index < -0.39 is 11.5 Å². The lowest BCUT2D eigenvalue weighted by Gasteiger charge is -2.09. The smallest absolute Gasteiger partial charge is 0.339 e. The second-order valence-corrected chi connectivity index (χ2v) is 4.72. The summed E-state index contributed by atoms with van der Waals surface area (Å²) in [7, 11) is 0. The molecule has 6 nitrogen and oxygen atoms in total. The molecule has 7 heteroatoms. The molecule has 0 fully saturated rings. The summed E-state index contributed by atoms with van der Waals surface area (Å²) in [6.07, 6.45) is 3.76. The Morgan fingerprint density at radius 3 is 2.90 bits per heavy atom. The number of carboxylic acid groups (broad SMARTS) is 1. The van der Waals surface area contributed by atoms with E-state index in [0.717, 1.165) is 6.42 Å². The van der Waals surface area contributed by atoms with Gasteiger partial charge in [-0.15, -0.1) is 0 Å². The lowest BCUT2D eigenvalue weighted by Crippen LogP contribution is -2.21. The van der Waals surface area contributed by atoms with Crippen LogP contribution in [-0.4, -0.2) is 20.6 Å². The first-order chi connectivity index (χ1) is 10.0. The van der Waals surface area contributed by atoms with Crippen LogP contribution in [0.25, 0.3) is 0 Å². The molecule has 0 radical (unpaired) electrons. The average Bonchev–Trinajstić information content (AvgIpc) is 2.43. The molecular weight excluding hydrogens is 296 g/mol. The van der Waals surface area contributed by atoms with Gasteiger partial charge in [-0.25, -0.2) is 9.78 Å². The predicted octanol–water partition coefficient (Wildman–Crippen LogP) is 2.80. The maximum absolute atomic E-state index is 12.1. The Balaban J connectivity index is 2.43. The molecule has 2 aromatic rings. The first-order valence-corrected chi connectivity index (χ1v) is 6.67. The monoisotopic (exact) mass is 308 g/mol. The van der Waals surface area contributed by atoms with Crippen LogP contribution in [0.15, 0.2) is 35.4 Å². The van der Waals surface area contributed by atoms with E-state index in [2.05, 4.69) is 4.98 Å². The van der Waals surface area contributed by atoms with Gasteiger partial charge < -0.3 is 14.4 Å². The fourth-order valence-corrected chi connectivity index (χ4v) is 1.94. The van der Waals surface area contributed by atoms with Crippen molar-refractivity contribution in [3.63, 3.8) is 0 Å². The number of halogens is 1. The third-order valence-corrected chi connectivity index (χ3v) is 2.96. The normalized spacial score (nSPS) is 10.4. The standard InChI is InChI=1S/C14H13ClN2O4/c1-2-6-17-7-5-16-12(13(17)18)21-11-8-9(15)3-4-10(11)14(19)20/h3-5,7-8H,2,6H2,1H3,(H,19,20). The molecule has 0 aliphatic rings. The summed E-state index contributed by atoms with van der Waals surface area (Å²) in [5, 5.41) is 9.42. The van der Waals surface area contributed by atoms with Gasteiger partial charge in [0, 0.05) is 30.0 Å². The number of aromatic nitrogens is 2.